The number of aliphatic hydroxyl groups is 1. The van der Waals surface area contributed by atoms with Crippen molar-refractivity contribution in [1.29, 1.82) is 0 Å². The SMILES string of the molecule is Cn1nc2c(c1C(=O)NC(c1cccc(F)c1Cl)[C@]1(O)CC[C@H](F)CC1)CCCC2. The van der Waals surface area contributed by atoms with Gasteiger partial charge in [-0.1, -0.05) is 23.7 Å². The van der Waals surface area contributed by atoms with Gasteiger partial charge in [0.05, 0.1) is 22.4 Å². The van der Waals surface area contributed by atoms with Crippen molar-refractivity contribution >= 4 is 17.5 Å². The van der Waals surface area contributed by atoms with Crippen LogP contribution in [-0.2, 0) is 19.9 Å². The van der Waals surface area contributed by atoms with Crippen molar-refractivity contribution < 1.29 is 18.7 Å². The van der Waals surface area contributed by atoms with Crippen LogP contribution < -0.4 is 5.32 Å². The molecule has 2 N–H and O–H groups in total. The number of aromatic nitrogens is 2. The van der Waals surface area contributed by atoms with E-state index in [1.54, 1.807) is 17.8 Å². The Balaban J connectivity index is 1.71. The molecule has 1 aromatic carbocycles. The number of hydrogen-bond acceptors (Lipinski definition) is 3. The van der Waals surface area contributed by atoms with Crippen LogP contribution in [-0.4, -0.2) is 32.6 Å². The number of benzene rings is 1. The summed E-state index contributed by atoms with van der Waals surface area (Å²) in [4.78, 5) is 13.3. The zero-order valence-corrected chi connectivity index (χ0v) is 17.7. The second-order valence-electron chi connectivity index (χ2n) is 8.43. The molecule has 2 aliphatic carbocycles. The lowest BCUT2D eigenvalue weighted by molar-refractivity contribution is -0.0446. The molecule has 162 valence electrons. The number of rotatable bonds is 4. The van der Waals surface area contributed by atoms with Gasteiger partial charge in [0, 0.05) is 12.6 Å². The largest absolute Gasteiger partial charge is 0.387 e. The van der Waals surface area contributed by atoms with Gasteiger partial charge in [0.25, 0.3) is 5.91 Å². The van der Waals surface area contributed by atoms with Gasteiger partial charge in [-0.3, -0.25) is 9.48 Å². The minimum atomic E-state index is -1.42. The lowest BCUT2D eigenvalue weighted by atomic mass is 9.76. The highest BCUT2D eigenvalue weighted by atomic mass is 35.5. The van der Waals surface area contributed by atoms with Crippen molar-refractivity contribution in [3.05, 3.63) is 51.6 Å². The number of fused-ring (bicyclic) bond motifs is 1. The van der Waals surface area contributed by atoms with Crippen molar-refractivity contribution in [2.24, 2.45) is 7.05 Å². The first-order chi connectivity index (χ1) is 14.3. The molecule has 8 heteroatoms. The highest BCUT2D eigenvalue weighted by Gasteiger charge is 2.43. The summed E-state index contributed by atoms with van der Waals surface area (Å²) >= 11 is 6.22. The predicted molar refractivity (Wildman–Crippen MR) is 110 cm³/mol. The van der Waals surface area contributed by atoms with Gasteiger partial charge in [0.2, 0.25) is 0 Å². The Morgan fingerprint density at radius 1 is 1.33 bits per heavy atom. The van der Waals surface area contributed by atoms with Crippen LogP contribution in [0.25, 0.3) is 0 Å². The van der Waals surface area contributed by atoms with E-state index < -0.39 is 29.5 Å². The number of alkyl halides is 1. The Morgan fingerprint density at radius 2 is 2.03 bits per heavy atom. The average molecular weight is 438 g/mol. The second kappa shape index (κ2) is 8.27. The molecule has 0 spiro atoms. The maximum Gasteiger partial charge on any atom is 0.270 e. The summed E-state index contributed by atoms with van der Waals surface area (Å²) < 4.78 is 29.5. The van der Waals surface area contributed by atoms with E-state index in [2.05, 4.69) is 10.4 Å². The number of amides is 1. The Labute approximate surface area is 179 Å². The van der Waals surface area contributed by atoms with Crippen molar-refractivity contribution in [2.75, 3.05) is 0 Å². The summed E-state index contributed by atoms with van der Waals surface area (Å²) in [7, 11) is 1.72. The molecule has 0 aliphatic heterocycles. The molecule has 1 fully saturated rings. The second-order valence-corrected chi connectivity index (χ2v) is 8.81. The molecule has 2 aromatic rings. The number of nitrogens with one attached hydrogen (secondary N) is 1. The predicted octanol–water partition coefficient (Wildman–Crippen LogP) is 4.21. The summed E-state index contributed by atoms with van der Waals surface area (Å²) in [6.07, 6.45) is 3.28. The average Bonchev–Trinajstić information content (AvgIpc) is 3.06. The van der Waals surface area contributed by atoms with Gasteiger partial charge in [-0.2, -0.15) is 5.10 Å². The van der Waals surface area contributed by atoms with E-state index in [-0.39, 0.29) is 30.7 Å². The van der Waals surface area contributed by atoms with Crippen molar-refractivity contribution in [1.82, 2.24) is 15.1 Å². The molecule has 30 heavy (non-hydrogen) atoms. The zero-order chi connectivity index (χ0) is 21.5. The Morgan fingerprint density at radius 3 is 2.77 bits per heavy atom. The Kier molecular flexibility index (Phi) is 5.86. The fraction of sp³-hybridized carbons (Fsp3) is 0.545. The summed E-state index contributed by atoms with van der Waals surface area (Å²) in [5.74, 6) is -1.02. The molecular weight excluding hydrogens is 412 g/mol. The molecule has 0 saturated heterocycles. The molecule has 1 unspecified atom stereocenters. The third kappa shape index (κ3) is 3.85. The van der Waals surface area contributed by atoms with E-state index in [4.69, 9.17) is 11.6 Å². The van der Waals surface area contributed by atoms with Crippen LogP contribution in [0.2, 0.25) is 5.02 Å². The van der Waals surface area contributed by atoms with Gasteiger partial charge < -0.3 is 10.4 Å². The Hall–Kier alpha value is -1.99. The maximum atomic E-state index is 14.2. The van der Waals surface area contributed by atoms with Crippen molar-refractivity contribution in [3.63, 3.8) is 0 Å². The fourth-order valence-electron chi connectivity index (χ4n) is 4.78. The number of carbonyl (C=O) groups excluding carboxylic acids is 1. The lowest BCUT2D eigenvalue weighted by Crippen LogP contribution is -2.49. The monoisotopic (exact) mass is 437 g/mol. The third-order valence-corrected chi connectivity index (χ3v) is 6.82. The van der Waals surface area contributed by atoms with Crippen LogP contribution in [0.5, 0.6) is 0 Å². The van der Waals surface area contributed by atoms with Gasteiger partial charge >= 0.3 is 0 Å². The van der Waals surface area contributed by atoms with Crippen LogP contribution in [0.1, 0.15) is 71.9 Å². The molecule has 5 nitrogen and oxygen atoms in total. The molecule has 1 atom stereocenters. The number of carbonyl (C=O) groups is 1. The quantitative estimate of drug-likeness (QED) is 0.753. The molecule has 0 bridgehead atoms. The first-order valence-corrected chi connectivity index (χ1v) is 10.8. The van der Waals surface area contributed by atoms with Gasteiger partial charge in [-0.05, 0) is 63.0 Å². The molecule has 2 aliphatic rings. The summed E-state index contributed by atoms with van der Waals surface area (Å²) in [6.45, 7) is 0. The minimum Gasteiger partial charge on any atom is -0.387 e. The van der Waals surface area contributed by atoms with E-state index >= 15 is 0 Å². The fourth-order valence-corrected chi connectivity index (χ4v) is 5.02. The van der Waals surface area contributed by atoms with Crippen molar-refractivity contribution in [3.8, 4) is 0 Å². The van der Waals surface area contributed by atoms with Crippen LogP contribution in [0.4, 0.5) is 8.78 Å². The highest BCUT2D eigenvalue weighted by molar-refractivity contribution is 6.31. The summed E-state index contributed by atoms with van der Waals surface area (Å²) in [6, 6.07) is 3.35. The first kappa shape index (κ1) is 21.2. The lowest BCUT2D eigenvalue weighted by Gasteiger charge is -2.41. The summed E-state index contributed by atoms with van der Waals surface area (Å²) in [5, 5.41) is 18.6. The smallest absolute Gasteiger partial charge is 0.270 e. The molecule has 0 radical (unpaired) electrons. The highest BCUT2D eigenvalue weighted by Crippen LogP contribution is 2.42. The molecule has 1 saturated carbocycles. The summed E-state index contributed by atoms with van der Waals surface area (Å²) in [5.41, 5.74) is 1.16. The minimum absolute atomic E-state index is 0.148. The normalized spacial score (nSPS) is 24.9. The molecule has 1 amide bonds. The van der Waals surface area contributed by atoms with Crippen molar-refractivity contribution in [2.45, 2.75) is 69.2 Å². The van der Waals surface area contributed by atoms with Gasteiger partial charge in [-0.15, -0.1) is 0 Å². The van der Waals surface area contributed by atoms with Crippen LogP contribution in [0.3, 0.4) is 0 Å². The van der Waals surface area contributed by atoms with E-state index in [0.29, 0.717) is 11.3 Å². The van der Waals surface area contributed by atoms with E-state index in [1.807, 2.05) is 0 Å². The van der Waals surface area contributed by atoms with E-state index in [9.17, 15) is 18.7 Å². The van der Waals surface area contributed by atoms with Gasteiger partial charge in [0.1, 0.15) is 17.7 Å². The van der Waals surface area contributed by atoms with E-state index in [1.165, 1.54) is 12.1 Å². The third-order valence-electron chi connectivity index (χ3n) is 6.42. The standard InChI is InChI=1S/C22H26ClF2N3O2/c1-28-19(14-5-2-3-8-17(14)27-28)21(29)26-20(15-6-4-7-16(25)18(15)23)22(30)11-9-13(24)10-12-22/h4,6-7,13,20,30H,2-3,5,8-12H2,1H3,(H,26,29)/t13-,20?,22-. The number of aryl methyl sites for hydroxylation is 2. The van der Waals surface area contributed by atoms with Crippen LogP contribution in [0.15, 0.2) is 18.2 Å². The topological polar surface area (TPSA) is 67.2 Å². The number of halogens is 3. The molecule has 4 rings (SSSR count). The van der Waals surface area contributed by atoms with Gasteiger partial charge in [0.15, 0.2) is 0 Å². The first-order valence-electron chi connectivity index (χ1n) is 10.5. The number of nitrogens with zero attached hydrogens (tertiary/aromatic N) is 2. The molecular formula is C22H26ClF2N3O2. The molecule has 1 heterocycles. The van der Waals surface area contributed by atoms with E-state index in [0.717, 1.165) is 36.9 Å². The Bertz CT molecular complexity index is 954. The maximum absolute atomic E-state index is 14.2. The van der Waals surface area contributed by atoms with Gasteiger partial charge in [-0.25, -0.2) is 8.78 Å². The van der Waals surface area contributed by atoms with Crippen LogP contribution in [0, 0.1) is 5.82 Å². The number of hydrogen-bond donors (Lipinski definition) is 2. The zero-order valence-electron chi connectivity index (χ0n) is 16.9. The molecule has 1 aromatic heterocycles. The van der Waals surface area contributed by atoms with Crippen LogP contribution >= 0.6 is 11.6 Å².